The van der Waals surface area contributed by atoms with Crippen molar-refractivity contribution in [2.45, 2.75) is 0 Å². The lowest BCUT2D eigenvalue weighted by atomic mass is 9.99. The molecule has 3 aromatic heterocycles. The van der Waals surface area contributed by atoms with Crippen molar-refractivity contribution in [1.29, 1.82) is 5.26 Å². The molecular weight excluding hydrogens is 591 g/mol. The summed E-state index contributed by atoms with van der Waals surface area (Å²) in [5.41, 5.74) is 9.76. The normalized spacial score (nSPS) is 11.8. The monoisotopic (exact) mass is 615 g/mol. The predicted octanol–water partition coefficient (Wildman–Crippen LogP) is 11.8. The summed E-state index contributed by atoms with van der Waals surface area (Å²) in [6.07, 6.45) is 0. The molecule has 0 fully saturated rings. The minimum Gasteiger partial charge on any atom is -0.309 e. The van der Waals surface area contributed by atoms with Gasteiger partial charge in [-0.3, -0.25) is 0 Å². The van der Waals surface area contributed by atoms with E-state index in [0.717, 1.165) is 33.5 Å². The molecule has 0 saturated carbocycles. The second kappa shape index (κ2) is 9.92. The van der Waals surface area contributed by atoms with Gasteiger partial charge in [0.15, 0.2) is 0 Å². The van der Waals surface area contributed by atoms with Crippen LogP contribution in [0.1, 0.15) is 5.56 Å². The molecule has 0 amide bonds. The van der Waals surface area contributed by atoms with Gasteiger partial charge in [-0.1, -0.05) is 97.1 Å². The Morgan fingerprint density at radius 2 is 1.11 bits per heavy atom. The summed E-state index contributed by atoms with van der Waals surface area (Å²) >= 11 is 1.86. The lowest BCUT2D eigenvalue weighted by molar-refractivity contribution is 1.18. The SMILES string of the molecule is N#Cc1ccc(-c2ccc3sc4c(ccc5c6ccccc6n(-c6ccccc6)c54)c3c2)c(-n2c3ccccc3c3ccccc32)c1. The average Bonchev–Trinajstić information content (AvgIpc) is 3.79. The Kier molecular flexibility index (Phi) is 5.51. The topological polar surface area (TPSA) is 33.6 Å². The first-order valence-corrected chi connectivity index (χ1v) is 16.6. The summed E-state index contributed by atoms with van der Waals surface area (Å²) in [6, 6.07) is 56.4. The molecule has 3 heterocycles. The summed E-state index contributed by atoms with van der Waals surface area (Å²) in [6.45, 7) is 0. The van der Waals surface area contributed by atoms with Crippen molar-refractivity contribution < 1.29 is 0 Å². The summed E-state index contributed by atoms with van der Waals surface area (Å²) in [4.78, 5) is 0. The molecule has 0 N–H and O–H groups in total. The molecular formula is C43H25N3S. The maximum absolute atomic E-state index is 9.96. The van der Waals surface area contributed by atoms with Crippen LogP contribution in [-0.2, 0) is 0 Å². The predicted molar refractivity (Wildman–Crippen MR) is 198 cm³/mol. The first-order chi connectivity index (χ1) is 23.3. The van der Waals surface area contributed by atoms with E-state index in [2.05, 4.69) is 155 Å². The second-order valence-electron chi connectivity index (χ2n) is 12.1. The Hall–Kier alpha value is -6.15. The van der Waals surface area contributed by atoms with Gasteiger partial charge in [0.2, 0.25) is 0 Å². The highest BCUT2D eigenvalue weighted by atomic mass is 32.1. The molecule has 218 valence electrons. The lowest BCUT2D eigenvalue weighted by Gasteiger charge is -2.15. The zero-order chi connectivity index (χ0) is 31.1. The molecule has 3 nitrogen and oxygen atoms in total. The average molecular weight is 616 g/mol. The molecule has 0 unspecified atom stereocenters. The third-order valence-electron chi connectivity index (χ3n) is 9.55. The van der Waals surface area contributed by atoms with Crippen molar-refractivity contribution in [2.24, 2.45) is 0 Å². The molecule has 0 radical (unpaired) electrons. The van der Waals surface area contributed by atoms with Crippen LogP contribution < -0.4 is 0 Å². The molecule has 4 heteroatoms. The van der Waals surface area contributed by atoms with Crippen molar-refractivity contribution >= 4 is 75.1 Å². The molecule has 10 aromatic rings. The first kappa shape index (κ1) is 26.1. The molecule has 0 spiro atoms. The fraction of sp³-hybridized carbons (Fsp3) is 0. The first-order valence-electron chi connectivity index (χ1n) is 15.8. The van der Waals surface area contributed by atoms with Crippen molar-refractivity contribution in [1.82, 2.24) is 9.13 Å². The minimum absolute atomic E-state index is 0.642. The third-order valence-corrected chi connectivity index (χ3v) is 10.7. The van der Waals surface area contributed by atoms with E-state index >= 15 is 0 Å². The van der Waals surface area contributed by atoms with Gasteiger partial charge in [0, 0.05) is 48.3 Å². The van der Waals surface area contributed by atoms with E-state index in [4.69, 9.17) is 0 Å². The minimum atomic E-state index is 0.642. The van der Waals surface area contributed by atoms with Gasteiger partial charge in [-0.05, 0) is 60.2 Å². The number of para-hydroxylation sites is 4. The van der Waals surface area contributed by atoms with E-state index in [-0.39, 0.29) is 0 Å². The molecule has 0 aliphatic rings. The van der Waals surface area contributed by atoms with E-state index in [0.29, 0.717) is 5.56 Å². The van der Waals surface area contributed by atoms with Crippen LogP contribution in [0.25, 0.3) is 86.3 Å². The fourth-order valence-electron chi connectivity index (χ4n) is 7.51. The Balaban J connectivity index is 1.26. The number of nitriles is 1. The van der Waals surface area contributed by atoms with Gasteiger partial charge in [-0.2, -0.15) is 5.26 Å². The number of benzene rings is 7. The number of hydrogen-bond acceptors (Lipinski definition) is 2. The third kappa shape index (κ3) is 3.72. The quantitative estimate of drug-likeness (QED) is 0.195. The number of rotatable bonds is 3. The number of nitrogens with zero attached hydrogens (tertiary/aromatic N) is 3. The molecule has 47 heavy (non-hydrogen) atoms. The second-order valence-corrected chi connectivity index (χ2v) is 13.1. The van der Waals surface area contributed by atoms with Crippen molar-refractivity contribution in [3.05, 3.63) is 157 Å². The zero-order valence-corrected chi connectivity index (χ0v) is 26.0. The summed E-state index contributed by atoms with van der Waals surface area (Å²) in [5.74, 6) is 0. The maximum atomic E-state index is 9.96. The van der Waals surface area contributed by atoms with Gasteiger partial charge in [-0.15, -0.1) is 11.3 Å². The van der Waals surface area contributed by atoms with E-state index in [1.54, 1.807) is 0 Å². The van der Waals surface area contributed by atoms with E-state index < -0.39 is 0 Å². The largest absolute Gasteiger partial charge is 0.309 e. The molecule has 0 aliphatic heterocycles. The van der Waals surface area contributed by atoms with Crippen molar-refractivity contribution in [3.63, 3.8) is 0 Å². The fourth-order valence-corrected chi connectivity index (χ4v) is 8.73. The van der Waals surface area contributed by atoms with Crippen LogP contribution in [-0.4, -0.2) is 9.13 Å². The van der Waals surface area contributed by atoms with Crippen LogP contribution in [0.4, 0.5) is 0 Å². The summed E-state index contributed by atoms with van der Waals surface area (Å²) < 4.78 is 7.29. The van der Waals surface area contributed by atoms with E-state index in [1.807, 2.05) is 23.5 Å². The van der Waals surface area contributed by atoms with Gasteiger partial charge in [0.1, 0.15) is 0 Å². The Bertz CT molecular complexity index is 2860. The van der Waals surface area contributed by atoms with Crippen LogP contribution >= 0.6 is 11.3 Å². The molecule has 10 rings (SSSR count). The van der Waals surface area contributed by atoms with E-state index in [1.165, 1.54) is 52.8 Å². The smallest absolute Gasteiger partial charge is 0.0992 e. The number of hydrogen-bond donors (Lipinski definition) is 0. The highest BCUT2D eigenvalue weighted by molar-refractivity contribution is 7.26. The molecule has 7 aromatic carbocycles. The van der Waals surface area contributed by atoms with Gasteiger partial charge in [-0.25, -0.2) is 0 Å². The number of fused-ring (bicyclic) bond motifs is 10. The van der Waals surface area contributed by atoms with Gasteiger partial charge < -0.3 is 9.13 Å². The zero-order valence-electron chi connectivity index (χ0n) is 25.2. The van der Waals surface area contributed by atoms with Crippen molar-refractivity contribution in [3.8, 4) is 28.6 Å². The van der Waals surface area contributed by atoms with Crippen LogP contribution in [0.2, 0.25) is 0 Å². The van der Waals surface area contributed by atoms with Crippen LogP contribution in [0.5, 0.6) is 0 Å². The van der Waals surface area contributed by atoms with Crippen LogP contribution in [0.15, 0.2) is 152 Å². The Morgan fingerprint density at radius 3 is 1.81 bits per heavy atom. The standard InChI is InChI=1S/C43H25N3S/c44-26-27-18-20-30(40(24-27)46-38-16-8-4-12-31(38)32-13-5-9-17-39(32)46)28-19-23-41-36(25-28)35-22-21-34-33-14-6-7-15-37(33)45(42(34)43(35)47-41)29-10-2-1-3-11-29/h1-25H. The Morgan fingerprint density at radius 1 is 0.489 bits per heavy atom. The van der Waals surface area contributed by atoms with Gasteiger partial charge in [0.25, 0.3) is 0 Å². The van der Waals surface area contributed by atoms with E-state index in [9.17, 15) is 5.26 Å². The van der Waals surface area contributed by atoms with Gasteiger partial charge >= 0.3 is 0 Å². The maximum Gasteiger partial charge on any atom is 0.0992 e. The van der Waals surface area contributed by atoms with Crippen LogP contribution in [0.3, 0.4) is 0 Å². The summed E-state index contributed by atoms with van der Waals surface area (Å²) in [7, 11) is 0. The van der Waals surface area contributed by atoms with Gasteiger partial charge in [0.05, 0.1) is 44.1 Å². The summed E-state index contributed by atoms with van der Waals surface area (Å²) in [5, 5.41) is 17.4. The molecule has 0 aliphatic carbocycles. The van der Waals surface area contributed by atoms with Crippen molar-refractivity contribution in [2.75, 3.05) is 0 Å². The highest BCUT2D eigenvalue weighted by Gasteiger charge is 2.20. The van der Waals surface area contributed by atoms with Crippen LogP contribution in [0, 0.1) is 11.3 Å². The lowest BCUT2D eigenvalue weighted by Crippen LogP contribution is -1.98. The number of thiophene rings is 1. The number of aromatic nitrogens is 2. The molecule has 0 bridgehead atoms. The Labute approximate surface area is 274 Å². The molecule has 0 atom stereocenters. The molecule has 0 saturated heterocycles. The highest BCUT2D eigenvalue weighted by Crippen LogP contribution is 2.45.